The molecule has 2 saturated heterocycles. The highest BCUT2D eigenvalue weighted by molar-refractivity contribution is 5.19. The number of halogens is 1. The number of hydrogen-bond acceptors (Lipinski definition) is 4. The molecule has 1 unspecified atom stereocenters. The second kappa shape index (κ2) is 5.48. The Morgan fingerprint density at radius 1 is 1.47 bits per heavy atom. The van der Waals surface area contributed by atoms with E-state index in [1.54, 1.807) is 7.11 Å². The number of β-amino-alcohol motifs (C(OH)–C–C–N with tert-alkyl or cyclic N) is 1. The molecule has 5 heteroatoms. The van der Waals surface area contributed by atoms with Crippen LogP contribution in [-0.2, 0) is 4.74 Å². The normalized spacial score (nSPS) is 31.9. The van der Waals surface area contributed by atoms with E-state index in [1.165, 1.54) is 0 Å². The molecule has 0 aromatic rings. The second-order valence-electron chi connectivity index (χ2n) is 6.55. The quantitative estimate of drug-likeness (QED) is 0.829. The van der Waals surface area contributed by atoms with E-state index in [1.807, 2.05) is 13.8 Å². The van der Waals surface area contributed by atoms with Crippen LogP contribution in [-0.4, -0.2) is 72.5 Å². The standard InChI is InChI=1S/C14H25FN2O2/c1-13(2,18)9-16-4-5-17-8-12(7-15)6-14(17,10-16)11-19-3/h7,18H,4-6,8-11H2,1-3H3/b12-7+. The summed E-state index contributed by atoms with van der Waals surface area (Å²) < 4.78 is 18.2. The summed E-state index contributed by atoms with van der Waals surface area (Å²) in [5.74, 6) is 0. The van der Waals surface area contributed by atoms with Crippen LogP contribution in [0.2, 0.25) is 0 Å². The number of piperazine rings is 1. The van der Waals surface area contributed by atoms with Gasteiger partial charge in [-0.15, -0.1) is 0 Å². The predicted octanol–water partition coefficient (Wildman–Crippen LogP) is 1.02. The van der Waals surface area contributed by atoms with Crippen molar-refractivity contribution in [1.29, 1.82) is 0 Å². The monoisotopic (exact) mass is 272 g/mol. The first-order valence-electron chi connectivity index (χ1n) is 6.85. The zero-order valence-electron chi connectivity index (χ0n) is 12.2. The summed E-state index contributed by atoms with van der Waals surface area (Å²) in [6.07, 6.45) is 1.47. The molecule has 1 atom stereocenters. The fraction of sp³-hybridized carbons (Fsp3) is 0.857. The first-order chi connectivity index (χ1) is 8.88. The molecule has 0 bridgehead atoms. The Morgan fingerprint density at radius 3 is 2.79 bits per heavy atom. The highest BCUT2D eigenvalue weighted by atomic mass is 19.1. The van der Waals surface area contributed by atoms with Crippen molar-refractivity contribution < 1.29 is 14.2 Å². The lowest BCUT2D eigenvalue weighted by atomic mass is 9.92. The van der Waals surface area contributed by atoms with E-state index >= 15 is 0 Å². The van der Waals surface area contributed by atoms with Gasteiger partial charge in [0, 0.05) is 39.8 Å². The maximum Gasteiger partial charge on any atom is 0.0872 e. The van der Waals surface area contributed by atoms with Crippen molar-refractivity contribution in [1.82, 2.24) is 9.80 Å². The van der Waals surface area contributed by atoms with Crippen LogP contribution in [0.4, 0.5) is 4.39 Å². The van der Waals surface area contributed by atoms with Crippen molar-refractivity contribution >= 4 is 0 Å². The minimum absolute atomic E-state index is 0.129. The number of methoxy groups -OCH3 is 1. The highest BCUT2D eigenvalue weighted by Crippen LogP contribution is 2.36. The van der Waals surface area contributed by atoms with Gasteiger partial charge < -0.3 is 9.84 Å². The predicted molar refractivity (Wildman–Crippen MR) is 72.7 cm³/mol. The Balaban J connectivity index is 2.11. The van der Waals surface area contributed by atoms with Gasteiger partial charge in [-0.2, -0.15) is 0 Å². The lowest BCUT2D eigenvalue weighted by Crippen LogP contribution is -2.62. The number of aliphatic hydroxyl groups is 1. The average molecular weight is 272 g/mol. The van der Waals surface area contributed by atoms with Crippen LogP contribution in [0, 0.1) is 0 Å². The molecule has 0 aromatic heterocycles. The molecule has 1 N–H and O–H groups in total. The van der Waals surface area contributed by atoms with Crippen LogP contribution < -0.4 is 0 Å². The number of hydrogen-bond donors (Lipinski definition) is 1. The van der Waals surface area contributed by atoms with E-state index in [0.29, 0.717) is 19.7 Å². The second-order valence-corrected chi connectivity index (χ2v) is 6.55. The molecule has 0 amide bonds. The first-order valence-corrected chi connectivity index (χ1v) is 6.85. The molecule has 0 spiro atoms. The number of nitrogens with zero attached hydrogens (tertiary/aromatic N) is 2. The Morgan fingerprint density at radius 2 is 2.21 bits per heavy atom. The van der Waals surface area contributed by atoms with Crippen LogP contribution in [0.5, 0.6) is 0 Å². The third kappa shape index (κ3) is 3.34. The Hall–Kier alpha value is -0.490. The van der Waals surface area contributed by atoms with E-state index in [4.69, 9.17) is 4.74 Å². The zero-order chi connectivity index (χ0) is 14.1. The SMILES string of the molecule is COCC12C/C(=C\F)CN1CCN(CC(C)(C)O)C2. The summed E-state index contributed by atoms with van der Waals surface area (Å²) in [4.78, 5) is 4.58. The van der Waals surface area contributed by atoms with Crippen LogP contribution in [0.1, 0.15) is 20.3 Å². The average Bonchev–Trinajstić information content (AvgIpc) is 2.65. The van der Waals surface area contributed by atoms with Crippen molar-refractivity contribution in [2.45, 2.75) is 31.4 Å². The Labute approximate surface area is 114 Å². The van der Waals surface area contributed by atoms with Crippen LogP contribution in [0.15, 0.2) is 11.9 Å². The van der Waals surface area contributed by atoms with Gasteiger partial charge in [-0.25, -0.2) is 4.39 Å². The molecule has 0 radical (unpaired) electrons. The van der Waals surface area contributed by atoms with Crippen molar-refractivity contribution in [2.24, 2.45) is 0 Å². The molecule has 0 saturated carbocycles. The van der Waals surface area contributed by atoms with Gasteiger partial charge in [0.2, 0.25) is 0 Å². The lowest BCUT2D eigenvalue weighted by molar-refractivity contribution is -0.0484. The van der Waals surface area contributed by atoms with Gasteiger partial charge in [0.05, 0.1) is 24.1 Å². The van der Waals surface area contributed by atoms with E-state index < -0.39 is 5.60 Å². The summed E-state index contributed by atoms with van der Waals surface area (Å²) >= 11 is 0. The molecular formula is C14H25FN2O2. The molecule has 2 rings (SSSR count). The third-order valence-electron chi connectivity index (χ3n) is 4.00. The van der Waals surface area contributed by atoms with E-state index in [9.17, 15) is 9.50 Å². The van der Waals surface area contributed by atoms with Gasteiger partial charge in [0.1, 0.15) is 0 Å². The molecular weight excluding hydrogens is 247 g/mol. The van der Waals surface area contributed by atoms with Crippen molar-refractivity contribution in [3.63, 3.8) is 0 Å². The molecule has 2 aliphatic rings. The van der Waals surface area contributed by atoms with E-state index in [2.05, 4.69) is 9.80 Å². The van der Waals surface area contributed by atoms with Gasteiger partial charge in [-0.05, 0) is 25.8 Å². The molecule has 2 heterocycles. The summed E-state index contributed by atoms with van der Waals surface area (Å²) in [5.41, 5.74) is 0.0198. The van der Waals surface area contributed by atoms with Crippen molar-refractivity contribution in [3.8, 4) is 0 Å². The Bertz CT molecular complexity index is 354. The molecule has 0 aromatic carbocycles. The molecule has 4 nitrogen and oxygen atoms in total. The van der Waals surface area contributed by atoms with Gasteiger partial charge in [0.25, 0.3) is 0 Å². The number of rotatable bonds is 4. The summed E-state index contributed by atoms with van der Waals surface area (Å²) in [6, 6.07) is 0. The summed E-state index contributed by atoms with van der Waals surface area (Å²) in [7, 11) is 1.69. The molecule has 110 valence electrons. The lowest BCUT2D eigenvalue weighted by Gasteiger charge is -2.47. The van der Waals surface area contributed by atoms with Gasteiger partial charge in [-0.1, -0.05) is 0 Å². The van der Waals surface area contributed by atoms with Crippen molar-refractivity contribution in [3.05, 3.63) is 11.9 Å². The van der Waals surface area contributed by atoms with Gasteiger partial charge in [0.15, 0.2) is 0 Å². The topological polar surface area (TPSA) is 35.9 Å². The summed E-state index contributed by atoms with van der Waals surface area (Å²) in [6.45, 7) is 8.23. The minimum atomic E-state index is -0.701. The maximum atomic E-state index is 12.8. The van der Waals surface area contributed by atoms with Crippen molar-refractivity contribution in [2.75, 3.05) is 46.4 Å². The molecule has 19 heavy (non-hydrogen) atoms. The first kappa shape index (κ1) is 14.9. The summed E-state index contributed by atoms with van der Waals surface area (Å²) in [5, 5.41) is 9.96. The maximum absolute atomic E-state index is 12.8. The molecule has 2 aliphatic heterocycles. The number of ether oxygens (including phenoxy) is 1. The van der Waals surface area contributed by atoms with E-state index in [0.717, 1.165) is 38.0 Å². The molecule has 2 fully saturated rings. The van der Waals surface area contributed by atoms with Gasteiger partial charge >= 0.3 is 0 Å². The number of fused-ring (bicyclic) bond motifs is 1. The van der Waals surface area contributed by atoms with E-state index in [-0.39, 0.29) is 5.54 Å². The zero-order valence-corrected chi connectivity index (χ0v) is 12.2. The fourth-order valence-electron chi connectivity index (χ4n) is 3.44. The largest absolute Gasteiger partial charge is 0.389 e. The minimum Gasteiger partial charge on any atom is -0.389 e. The van der Waals surface area contributed by atoms with Crippen LogP contribution >= 0.6 is 0 Å². The molecule has 0 aliphatic carbocycles. The van der Waals surface area contributed by atoms with Crippen LogP contribution in [0.25, 0.3) is 0 Å². The van der Waals surface area contributed by atoms with Gasteiger partial charge in [-0.3, -0.25) is 9.80 Å². The third-order valence-corrected chi connectivity index (χ3v) is 4.00. The Kier molecular flexibility index (Phi) is 4.30. The smallest absolute Gasteiger partial charge is 0.0872 e. The highest BCUT2D eigenvalue weighted by Gasteiger charge is 2.47. The van der Waals surface area contributed by atoms with Crippen LogP contribution in [0.3, 0.4) is 0 Å². The fourth-order valence-corrected chi connectivity index (χ4v) is 3.44.